The first-order valence-electron chi connectivity index (χ1n) is 7.38. The van der Waals surface area contributed by atoms with Crippen LogP contribution in [0.25, 0.3) is 0 Å². The van der Waals surface area contributed by atoms with E-state index in [1.54, 1.807) is 22.5 Å². The third-order valence-electron chi connectivity index (χ3n) is 3.73. The highest BCUT2D eigenvalue weighted by Crippen LogP contribution is 2.32. The molecule has 0 saturated heterocycles. The van der Waals surface area contributed by atoms with Gasteiger partial charge < -0.3 is 5.73 Å². The minimum atomic E-state index is -3.39. The summed E-state index contributed by atoms with van der Waals surface area (Å²) >= 11 is 0. The van der Waals surface area contributed by atoms with E-state index in [1.807, 2.05) is 19.9 Å². The molecule has 0 heterocycles. The van der Waals surface area contributed by atoms with Crippen LogP contribution < -0.4 is 5.73 Å². The lowest BCUT2D eigenvalue weighted by atomic mass is 10.1. The smallest absolute Gasteiger partial charge is 0.243 e. The average Bonchev–Trinajstić information content (AvgIpc) is 3.28. The molecule has 1 aromatic carbocycles. The van der Waals surface area contributed by atoms with E-state index in [9.17, 15) is 8.42 Å². The quantitative estimate of drug-likeness (QED) is 0.841. The van der Waals surface area contributed by atoms with Crippen molar-refractivity contribution < 1.29 is 8.42 Å². The highest BCUT2D eigenvalue weighted by atomic mass is 32.2. The van der Waals surface area contributed by atoms with Crippen LogP contribution in [0.1, 0.15) is 51.1 Å². The summed E-state index contributed by atoms with van der Waals surface area (Å²) in [5.41, 5.74) is 6.89. The summed E-state index contributed by atoms with van der Waals surface area (Å²) in [6, 6.07) is 7.18. The van der Waals surface area contributed by atoms with Crippen molar-refractivity contribution in [2.75, 3.05) is 6.54 Å². The van der Waals surface area contributed by atoms with Crippen molar-refractivity contribution in [1.29, 1.82) is 0 Å². The monoisotopic (exact) mass is 296 g/mol. The predicted octanol–water partition coefficient (Wildman–Crippen LogP) is 2.66. The van der Waals surface area contributed by atoms with Gasteiger partial charge in [-0.15, -0.1) is 0 Å². The first kappa shape index (κ1) is 15.5. The maximum atomic E-state index is 12.8. The van der Waals surface area contributed by atoms with Gasteiger partial charge in [0.2, 0.25) is 10.0 Å². The molecule has 0 aliphatic heterocycles. The molecule has 5 heteroatoms. The molecule has 1 aliphatic rings. The Kier molecular flexibility index (Phi) is 4.83. The zero-order valence-corrected chi connectivity index (χ0v) is 13.1. The molecule has 0 bridgehead atoms. The van der Waals surface area contributed by atoms with Gasteiger partial charge >= 0.3 is 0 Å². The van der Waals surface area contributed by atoms with Crippen LogP contribution in [-0.4, -0.2) is 25.3 Å². The van der Waals surface area contributed by atoms with Crippen LogP contribution in [0.2, 0.25) is 0 Å². The van der Waals surface area contributed by atoms with E-state index >= 15 is 0 Å². The van der Waals surface area contributed by atoms with E-state index in [0.29, 0.717) is 11.4 Å². The third kappa shape index (κ3) is 3.22. The zero-order valence-electron chi connectivity index (χ0n) is 12.2. The lowest BCUT2D eigenvalue weighted by molar-refractivity contribution is 0.403. The van der Waals surface area contributed by atoms with Gasteiger partial charge in [0.15, 0.2) is 0 Å². The second kappa shape index (κ2) is 6.24. The van der Waals surface area contributed by atoms with Crippen molar-refractivity contribution >= 4 is 10.0 Å². The summed E-state index contributed by atoms with van der Waals surface area (Å²) < 4.78 is 27.2. The molecule has 0 radical (unpaired) electrons. The summed E-state index contributed by atoms with van der Waals surface area (Å²) in [6.07, 6.45) is 3.59. The Morgan fingerprint density at radius 3 is 2.60 bits per heavy atom. The maximum absolute atomic E-state index is 12.8. The second-order valence-electron chi connectivity index (χ2n) is 5.43. The number of sulfonamides is 1. The molecule has 2 rings (SSSR count). The van der Waals surface area contributed by atoms with E-state index in [1.165, 1.54) is 0 Å². The predicted molar refractivity (Wildman–Crippen MR) is 80.9 cm³/mol. The van der Waals surface area contributed by atoms with Gasteiger partial charge in [-0.2, -0.15) is 4.31 Å². The SMILES string of the molecule is CCCN(C1CC1)S(=O)(=O)c1cccc(C(N)CC)c1. The third-order valence-corrected chi connectivity index (χ3v) is 5.68. The fraction of sp³-hybridized carbons (Fsp3) is 0.600. The van der Waals surface area contributed by atoms with Crippen LogP contribution in [0.15, 0.2) is 29.2 Å². The van der Waals surface area contributed by atoms with Gasteiger partial charge in [-0.05, 0) is 43.4 Å². The van der Waals surface area contributed by atoms with Crippen LogP contribution in [0.3, 0.4) is 0 Å². The normalized spacial score (nSPS) is 17.4. The van der Waals surface area contributed by atoms with Gasteiger partial charge in [0, 0.05) is 18.6 Å². The Morgan fingerprint density at radius 2 is 2.05 bits per heavy atom. The number of hydrogen-bond acceptors (Lipinski definition) is 3. The van der Waals surface area contributed by atoms with Crippen molar-refractivity contribution in [3.63, 3.8) is 0 Å². The summed E-state index contributed by atoms with van der Waals surface area (Å²) in [4.78, 5) is 0.374. The molecular weight excluding hydrogens is 272 g/mol. The molecule has 1 unspecified atom stereocenters. The number of nitrogens with two attached hydrogens (primary N) is 1. The van der Waals surface area contributed by atoms with E-state index in [2.05, 4.69) is 0 Å². The number of nitrogens with zero attached hydrogens (tertiary/aromatic N) is 1. The lowest BCUT2D eigenvalue weighted by Gasteiger charge is -2.22. The van der Waals surface area contributed by atoms with E-state index in [0.717, 1.165) is 31.2 Å². The number of hydrogen-bond donors (Lipinski definition) is 1. The van der Waals surface area contributed by atoms with Gasteiger partial charge in [-0.1, -0.05) is 26.0 Å². The van der Waals surface area contributed by atoms with E-state index in [4.69, 9.17) is 5.73 Å². The van der Waals surface area contributed by atoms with Gasteiger partial charge in [-0.3, -0.25) is 0 Å². The summed E-state index contributed by atoms with van der Waals surface area (Å²) in [5.74, 6) is 0. The molecule has 1 saturated carbocycles. The molecule has 20 heavy (non-hydrogen) atoms. The van der Waals surface area contributed by atoms with Crippen LogP contribution in [0.5, 0.6) is 0 Å². The molecule has 4 nitrogen and oxygen atoms in total. The van der Waals surface area contributed by atoms with Gasteiger partial charge in [0.25, 0.3) is 0 Å². The zero-order chi connectivity index (χ0) is 14.8. The van der Waals surface area contributed by atoms with Crippen molar-refractivity contribution in [2.45, 2.75) is 56.5 Å². The molecule has 1 fully saturated rings. The lowest BCUT2D eigenvalue weighted by Crippen LogP contribution is -2.33. The minimum absolute atomic E-state index is 0.106. The topological polar surface area (TPSA) is 63.4 Å². The van der Waals surface area contributed by atoms with Crippen LogP contribution in [-0.2, 0) is 10.0 Å². The van der Waals surface area contributed by atoms with Crippen LogP contribution >= 0.6 is 0 Å². The fourth-order valence-corrected chi connectivity index (χ4v) is 4.19. The molecule has 1 aliphatic carbocycles. The van der Waals surface area contributed by atoms with Crippen molar-refractivity contribution in [2.24, 2.45) is 5.73 Å². The summed E-state index contributed by atoms with van der Waals surface area (Å²) in [7, 11) is -3.39. The van der Waals surface area contributed by atoms with Crippen LogP contribution in [0.4, 0.5) is 0 Å². The average molecular weight is 296 g/mol. The van der Waals surface area contributed by atoms with E-state index < -0.39 is 10.0 Å². The number of rotatable bonds is 7. The molecule has 0 amide bonds. The largest absolute Gasteiger partial charge is 0.324 e. The Labute approximate surface area is 122 Å². The molecule has 1 atom stereocenters. The Balaban J connectivity index is 2.32. The van der Waals surface area contributed by atoms with Gasteiger partial charge in [0.1, 0.15) is 0 Å². The standard InChI is InChI=1S/C15H24N2O2S/c1-3-10-17(13-8-9-13)20(18,19)14-7-5-6-12(11-14)15(16)4-2/h5-7,11,13,15H,3-4,8-10,16H2,1-2H3. The molecule has 1 aromatic rings. The van der Waals surface area contributed by atoms with Gasteiger partial charge in [-0.25, -0.2) is 8.42 Å². The van der Waals surface area contributed by atoms with Crippen molar-refractivity contribution in [3.05, 3.63) is 29.8 Å². The van der Waals surface area contributed by atoms with Gasteiger partial charge in [0.05, 0.1) is 4.90 Å². The first-order valence-corrected chi connectivity index (χ1v) is 8.82. The molecule has 112 valence electrons. The van der Waals surface area contributed by atoms with Crippen molar-refractivity contribution in [3.8, 4) is 0 Å². The molecule has 2 N–H and O–H groups in total. The second-order valence-corrected chi connectivity index (χ2v) is 7.32. The minimum Gasteiger partial charge on any atom is -0.324 e. The fourth-order valence-electron chi connectivity index (χ4n) is 2.36. The molecule has 0 spiro atoms. The Morgan fingerprint density at radius 1 is 1.35 bits per heavy atom. The highest BCUT2D eigenvalue weighted by molar-refractivity contribution is 7.89. The molecule has 0 aromatic heterocycles. The summed E-state index contributed by atoms with van der Waals surface area (Å²) in [5, 5.41) is 0. The Bertz CT molecular complexity index is 553. The highest BCUT2D eigenvalue weighted by Gasteiger charge is 2.37. The number of benzene rings is 1. The maximum Gasteiger partial charge on any atom is 0.243 e. The first-order chi connectivity index (χ1) is 9.50. The molecular formula is C15H24N2O2S. The van der Waals surface area contributed by atoms with Crippen molar-refractivity contribution in [1.82, 2.24) is 4.31 Å². The van der Waals surface area contributed by atoms with Crippen LogP contribution in [0, 0.1) is 0 Å². The summed E-state index contributed by atoms with van der Waals surface area (Å²) in [6.45, 7) is 4.60. The van der Waals surface area contributed by atoms with E-state index in [-0.39, 0.29) is 12.1 Å². The Hall–Kier alpha value is -0.910.